The molecule has 3 aliphatic rings. The highest BCUT2D eigenvalue weighted by Gasteiger charge is 2.61. The van der Waals surface area contributed by atoms with Crippen LogP contribution in [-0.2, 0) is 21.4 Å². The van der Waals surface area contributed by atoms with Crippen LogP contribution in [0.2, 0.25) is 0 Å². The molecule has 4 bridgehead atoms. The van der Waals surface area contributed by atoms with Crippen molar-refractivity contribution in [1.82, 2.24) is 25.8 Å². The molecule has 0 saturated carbocycles. The number of rotatable bonds is 5. The Labute approximate surface area is 253 Å². The summed E-state index contributed by atoms with van der Waals surface area (Å²) in [5.74, 6) is 0.456. The number of amides is 2. The van der Waals surface area contributed by atoms with Crippen molar-refractivity contribution in [3.05, 3.63) is 76.6 Å². The van der Waals surface area contributed by atoms with Gasteiger partial charge in [-0.1, -0.05) is 63.2 Å². The lowest BCUT2D eigenvalue weighted by Gasteiger charge is -2.29. The Morgan fingerprint density at radius 2 is 1.89 bits per heavy atom. The first-order chi connectivity index (χ1) is 21.1. The first kappa shape index (κ1) is 28.1. The number of carbonyl (C=O) groups excluding carboxylic acids is 2. The van der Waals surface area contributed by atoms with E-state index in [0.717, 1.165) is 22.4 Å². The molecular weight excluding hydrogens is 564 g/mol. The van der Waals surface area contributed by atoms with Crippen LogP contribution in [0, 0.1) is 18.8 Å². The first-order valence-corrected chi connectivity index (χ1v) is 14.8. The van der Waals surface area contributed by atoms with Gasteiger partial charge in [-0.3, -0.25) is 9.59 Å². The Balaban J connectivity index is 1.48. The second kappa shape index (κ2) is 10.2. The second-order valence-electron chi connectivity index (χ2n) is 12.4. The number of ether oxygens (including phenoxy) is 1. The number of aliphatic hydroxyl groups is 1. The monoisotopic (exact) mass is 598 g/mol. The van der Waals surface area contributed by atoms with Crippen LogP contribution in [0.5, 0.6) is 5.75 Å². The predicted molar refractivity (Wildman–Crippen MR) is 158 cm³/mol. The molecule has 1 spiro atoms. The third-order valence-corrected chi connectivity index (χ3v) is 8.68. The largest absolute Gasteiger partial charge is 0.469 e. The lowest BCUT2D eigenvalue weighted by Crippen LogP contribution is -2.52. The molecule has 4 aromatic rings. The number of aryl methyl sites for hydroxylation is 1. The first-order valence-electron chi connectivity index (χ1n) is 14.8. The number of aliphatic hydroxyl groups excluding tert-OH is 1. The smallest absolute Gasteiger partial charge is 0.280 e. The summed E-state index contributed by atoms with van der Waals surface area (Å²) in [5, 5.41) is 23.9. The number of hydrogen-bond donors (Lipinski definition) is 4. The molecule has 0 fully saturated rings. The summed E-state index contributed by atoms with van der Waals surface area (Å²) < 4.78 is 18.9. The van der Waals surface area contributed by atoms with Crippen LogP contribution in [0.4, 0.5) is 5.69 Å². The van der Waals surface area contributed by atoms with Gasteiger partial charge in [0.2, 0.25) is 17.7 Å². The fourth-order valence-electron chi connectivity index (χ4n) is 6.40. The zero-order valence-electron chi connectivity index (χ0n) is 25.0. The van der Waals surface area contributed by atoms with Crippen molar-refractivity contribution in [2.45, 2.75) is 70.9 Å². The Morgan fingerprint density at radius 1 is 1.09 bits per heavy atom. The zero-order valence-corrected chi connectivity index (χ0v) is 25.0. The molecule has 2 amide bonds. The van der Waals surface area contributed by atoms with E-state index < -0.39 is 41.6 Å². The zero-order chi connectivity index (χ0) is 30.9. The van der Waals surface area contributed by atoms with Crippen LogP contribution in [0.25, 0.3) is 11.6 Å². The van der Waals surface area contributed by atoms with E-state index in [1.165, 1.54) is 0 Å². The number of nitrogens with one attached hydrogen (secondary N) is 3. The number of carbonyl (C=O) groups is 2. The molecule has 12 nitrogen and oxygen atoms in total. The van der Waals surface area contributed by atoms with Gasteiger partial charge in [-0.05, 0) is 42.0 Å². The van der Waals surface area contributed by atoms with Crippen molar-refractivity contribution in [2.24, 2.45) is 11.8 Å². The Morgan fingerprint density at radius 3 is 2.61 bits per heavy atom. The van der Waals surface area contributed by atoms with Crippen LogP contribution in [0.1, 0.15) is 67.9 Å². The molecule has 4 N–H and O–H groups in total. The lowest BCUT2D eigenvalue weighted by molar-refractivity contribution is -0.135. The van der Waals surface area contributed by atoms with Crippen molar-refractivity contribution in [2.75, 3.05) is 5.32 Å². The van der Waals surface area contributed by atoms with E-state index in [9.17, 15) is 14.7 Å². The Bertz CT molecular complexity index is 1780. The van der Waals surface area contributed by atoms with E-state index in [1.54, 1.807) is 20.8 Å². The highest BCUT2D eigenvalue weighted by molar-refractivity contribution is 5.90. The molecule has 0 saturated heterocycles. The topological polar surface area (TPSA) is 165 Å². The van der Waals surface area contributed by atoms with E-state index in [0.29, 0.717) is 23.0 Å². The van der Waals surface area contributed by atoms with Gasteiger partial charge in [0, 0.05) is 17.7 Å². The second-order valence-corrected chi connectivity index (χ2v) is 12.4. The number of benzene rings is 2. The highest BCUT2D eigenvalue weighted by Crippen LogP contribution is 2.59. The third kappa shape index (κ3) is 4.19. The van der Waals surface area contributed by atoms with Gasteiger partial charge >= 0.3 is 0 Å². The molecule has 44 heavy (non-hydrogen) atoms. The van der Waals surface area contributed by atoms with E-state index in [2.05, 4.69) is 26.1 Å². The summed E-state index contributed by atoms with van der Waals surface area (Å²) in [6.07, 6.45) is -1.67. The third-order valence-electron chi connectivity index (χ3n) is 8.68. The van der Waals surface area contributed by atoms with Gasteiger partial charge in [-0.2, -0.15) is 4.98 Å². The summed E-state index contributed by atoms with van der Waals surface area (Å²) in [6.45, 7) is 9.10. The molecule has 2 aromatic heterocycles. The van der Waals surface area contributed by atoms with Gasteiger partial charge < -0.3 is 34.7 Å². The molecule has 12 heteroatoms. The van der Waals surface area contributed by atoms with Crippen molar-refractivity contribution in [3.63, 3.8) is 0 Å². The van der Waals surface area contributed by atoms with Gasteiger partial charge in [-0.25, -0.2) is 4.98 Å². The molecule has 5 atom stereocenters. The predicted octanol–water partition coefficient (Wildman–Crippen LogP) is 3.38. The van der Waals surface area contributed by atoms with Gasteiger partial charge in [0.05, 0.1) is 0 Å². The normalized spacial score (nSPS) is 24.0. The lowest BCUT2D eigenvalue weighted by atomic mass is 9.72. The number of anilines is 1. The summed E-state index contributed by atoms with van der Waals surface area (Å²) in [7, 11) is 0. The number of para-hydroxylation sites is 1. The standard InChI is InChI=1S/C32H34N6O6/c1-14(2)23-29-37-24(30-33-16(5)38-44-30)26(43-29)32-18-8-6-7-9-20(18)35-31(32)42-22-11-10-17(12-19(22)32)13-21(27(40)36-23)34-28(41)25(39)15(3)4/h6-12,14-15,21,23,25,31,35,39H,13H2,1-5H3,(H,34,41)(H,36,40)/t21-,23-,25-,31-,32?/m0/s1. The van der Waals surface area contributed by atoms with E-state index >= 15 is 0 Å². The van der Waals surface area contributed by atoms with Gasteiger partial charge in [0.1, 0.15) is 29.4 Å². The summed E-state index contributed by atoms with van der Waals surface area (Å²) in [6, 6.07) is 12.0. The SMILES string of the molecule is Cc1noc(-c2nc3oc2C24c5ccccc5N[C@H]2Oc2ccc(cc24)C[C@H](NC(=O)[C@@H](O)C(C)C)C(=O)N[C@H]3C(C)C)n1. The van der Waals surface area contributed by atoms with Crippen LogP contribution in [0.3, 0.4) is 0 Å². The molecule has 3 aliphatic heterocycles. The molecule has 1 unspecified atom stereocenters. The molecular formula is C32H34N6O6. The average molecular weight is 599 g/mol. The number of hydrogen-bond acceptors (Lipinski definition) is 10. The van der Waals surface area contributed by atoms with Crippen LogP contribution < -0.4 is 20.7 Å². The number of aromatic nitrogens is 3. The number of fused-ring (bicyclic) bond motifs is 4. The minimum absolute atomic E-state index is 0.154. The number of oxazole rings is 1. The minimum atomic E-state index is -1.27. The Hall–Kier alpha value is -4.71. The van der Waals surface area contributed by atoms with Crippen molar-refractivity contribution in [3.8, 4) is 17.3 Å². The van der Waals surface area contributed by atoms with Crippen LogP contribution in [-0.4, -0.2) is 50.4 Å². The summed E-state index contributed by atoms with van der Waals surface area (Å²) >= 11 is 0. The Kier molecular flexibility index (Phi) is 6.50. The molecule has 228 valence electrons. The molecule has 5 heterocycles. The maximum Gasteiger partial charge on any atom is 0.280 e. The molecule has 0 radical (unpaired) electrons. The summed E-state index contributed by atoms with van der Waals surface area (Å²) in [5.41, 5.74) is 2.76. The van der Waals surface area contributed by atoms with Gasteiger partial charge in [-0.15, -0.1) is 0 Å². The molecule has 7 rings (SSSR count). The van der Waals surface area contributed by atoms with Gasteiger partial charge in [0.15, 0.2) is 23.5 Å². The fraction of sp³-hybridized carbons (Fsp3) is 0.406. The minimum Gasteiger partial charge on any atom is -0.469 e. The maximum absolute atomic E-state index is 13.9. The van der Waals surface area contributed by atoms with E-state index in [4.69, 9.17) is 18.7 Å². The quantitative estimate of drug-likeness (QED) is 0.268. The van der Waals surface area contributed by atoms with Crippen molar-refractivity contribution < 1.29 is 28.4 Å². The van der Waals surface area contributed by atoms with E-state index in [-0.39, 0.29) is 30.0 Å². The molecule has 0 aliphatic carbocycles. The summed E-state index contributed by atoms with van der Waals surface area (Å²) in [4.78, 5) is 36.3. The maximum atomic E-state index is 13.9. The highest BCUT2D eigenvalue weighted by atomic mass is 16.5. The van der Waals surface area contributed by atoms with Crippen molar-refractivity contribution in [1.29, 1.82) is 0 Å². The number of nitrogens with zero attached hydrogens (tertiary/aromatic N) is 3. The average Bonchev–Trinajstić information content (AvgIpc) is 3.75. The van der Waals surface area contributed by atoms with E-state index in [1.807, 2.05) is 56.3 Å². The van der Waals surface area contributed by atoms with Crippen molar-refractivity contribution >= 4 is 17.5 Å². The van der Waals surface area contributed by atoms with Crippen LogP contribution >= 0.6 is 0 Å². The fourth-order valence-corrected chi connectivity index (χ4v) is 6.40. The molecule has 2 aromatic carbocycles. The van der Waals surface area contributed by atoms with Gasteiger partial charge in [0.25, 0.3) is 5.89 Å². The van der Waals surface area contributed by atoms with Crippen LogP contribution in [0.15, 0.2) is 51.4 Å².